The first kappa shape index (κ1) is 8.79. The molecule has 12 heavy (non-hydrogen) atoms. The van der Waals surface area contributed by atoms with E-state index in [0.29, 0.717) is 11.3 Å². The molecule has 66 valence electrons. The van der Waals surface area contributed by atoms with Gasteiger partial charge in [0.2, 0.25) is 0 Å². The summed E-state index contributed by atoms with van der Waals surface area (Å²) in [6.45, 7) is 0. The molecule has 0 fully saturated rings. The predicted octanol–water partition coefficient (Wildman–Crippen LogP) is 1.16. The normalized spacial score (nSPS) is 17.7. The molecule has 0 aromatic heterocycles. The van der Waals surface area contributed by atoms with E-state index < -0.39 is 11.7 Å². The summed E-state index contributed by atoms with van der Waals surface area (Å²) in [6.07, 6.45) is -0.431. The van der Waals surface area contributed by atoms with E-state index in [0.717, 1.165) is 6.08 Å². The Morgan fingerprint density at radius 2 is 2.08 bits per heavy atom. The minimum atomic E-state index is -4.39. The van der Waals surface area contributed by atoms with Crippen LogP contribution >= 0.6 is 0 Å². The number of hydrogen-bond acceptors (Lipinski definition) is 3. The Morgan fingerprint density at radius 3 is 2.67 bits per heavy atom. The number of alkyl halides is 3. The topological polar surface area (TPSA) is 41.6 Å². The van der Waals surface area contributed by atoms with Crippen molar-refractivity contribution in [1.29, 1.82) is 0 Å². The van der Waals surface area contributed by atoms with Crippen molar-refractivity contribution in [3.63, 3.8) is 0 Å². The molecule has 2 N–H and O–H groups in total. The Balaban J connectivity index is 2.91. The van der Waals surface area contributed by atoms with Gasteiger partial charge in [-0.15, -0.1) is 0 Å². The van der Waals surface area contributed by atoms with Gasteiger partial charge in [-0.25, -0.2) is 11.0 Å². The van der Waals surface area contributed by atoms with Crippen molar-refractivity contribution in [2.45, 2.75) is 6.18 Å². The molecule has 0 saturated heterocycles. The van der Waals surface area contributed by atoms with Crippen molar-refractivity contribution in [3.05, 3.63) is 23.9 Å². The van der Waals surface area contributed by atoms with Crippen LogP contribution in [-0.4, -0.2) is 17.5 Å². The summed E-state index contributed by atoms with van der Waals surface area (Å²) < 4.78 is 36.1. The van der Waals surface area contributed by atoms with E-state index in [-0.39, 0.29) is 0 Å². The highest BCUT2D eigenvalue weighted by Gasteiger charge is 2.32. The van der Waals surface area contributed by atoms with Crippen molar-refractivity contribution in [1.82, 2.24) is 5.12 Å². The maximum atomic E-state index is 12.0. The number of hydrogen-bond donors (Lipinski definition) is 1. The number of hydrazone groups is 1. The van der Waals surface area contributed by atoms with E-state index in [9.17, 15) is 13.2 Å². The van der Waals surface area contributed by atoms with Crippen LogP contribution in [0.5, 0.6) is 0 Å². The van der Waals surface area contributed by atoms with E-state index in [1.54, 1.807) is 0 Å². The molecule has 1 aliphatic rings. The van der Waals surface area contributed by atoms with E-state index in [4.69, 9.17) is 5.84 Å². The number of halogens is 3. The van der Waals surface area contributed by atoms with Crippen LogP contribution in [0.3, 0.4) is 0 Å². The second kappa shape index (κ2) is 2.98. The third-order valence-corrected chi connectivity index (χ3v) is 1.16. The minimum absolute atomic E-state index is 0.614. The highest BCUT2D eigenvalue weighted by Crippen LogP contribution is 2.26. The molecule has 0 atom stereocenters. The number of allylic oxidation sites excluding steroid dienone is 3. The molecule has 1 rings (SSSR count). The number of nitrogens with two attached hydrogens (primary N) is 1. The molecular formula is C6H6F3N3. The van der Waals surface area contributed by atoms with Crippen LogP contribution in [-0.2, 0) is 0 Å². The zero-order valence-electron chi connectivity index (χ0n) is 5.92. The quantitative estimate of drug-likeness (QED) is 0.564. The minimum Gasteiger partial charge on any atom is -0.227 e. The van der Waals surface area contributed by atoms with Gasteiger partial charge in [-0.2, -0.15) is 18.3 Å². The first-order valence-electron chi connectivity index (χ1n) is 3.04. The predicted molar refractivity (Wildman–Crippen MR) is 37.8 cm³/mol. The number of rotatable bonds is 0. The Labute approximate surface area is 66.6 Å². The fourth-order valence-corrected chi connectivity index (χ4v) is 0.649. The maximum absolute atomic E-state index is 12.0. The lowest BCUT2D eigenvalue weighted by atomic mass is 10.2. The van der Waals surface area contributed by atoms with Crippen LogP contribution < -0.4 is 5.84 Å². The molecule has 0 saturated carbocycles. The number of nitrogens with zero attached hydrogens (tertiary/aromatic N) is 2. The largest absolute Gasteiger partial charge is 0.417 e. The molecule has 6 heteroatoms. The Hall–Kier alpha value is -1.30. The molecule has 1 heterocycles. The van der Waals surface area contributed by atoms with Crippen LogP contribution in [0.2, 0.25) is 0 Å². The smallest absolute Gasteiger partial charge is 0.227 e. The molecule has 1 aliphatic heterocycles. The Kier molecular flexibility index (Phi) is 2.18. The molecule has 0 aromatic rings. The van der Waals surface area contributed by atoms with Crippen LogP contribution in [0.4, 0.5) is 13.2 Å². The average molecular weight is 177 g/mol. The first-order valence-corrected chi connectivity index (χ1v) is 3.04. The molecule has 0 bridgehead atoms. The molecule has 0 aliphatic carbocycles. The van der Waals surface area contributed by atoms with E-state index in [1.165, 1.54) is 12.3 Å². The van der Waals surface area contributed by atoms with Crippen molar-refractivity contribution < 1.29 is 13.2 Å². The van der Waals surface area contributed by atoms with Gasteiger partial charge in [-0.3, -0.25) is 0 Å². The zero-order chi connectivity index (χ0) is 9.19. The van der Waals surface area contributed by atoms with Gasteiger partial charge in [0.25, 0.3) is 0 Å². The van der Waals surface area contributed by atoms with Gasteiger partial charge < -0.3 is 0 Å². The van der Waals surface area contributed by atoms with E-state index in [2.05, 4.69) is 5.10 Å². The third-order valence-electron chi connectivity index (χ3n) is 1.16. The molecule has 0 aromatic carbocycles. The average Bonchev–Trinajstić information content (AvgIpc) is 2.11. The maximum Gasteiger partial charge on any atom is 0.417 e. The SMILES string of the molecule is NN1C=C(C(F)(F)F)C=CC=N1. The summed E-state index contributed by atoms with van der Waals surface area (Å²) in [5.74, 6) is 5.04. The van der Waals surface area contributed by atoms with Gasteiger partial charge in [0.15, 0.2) is 0 Å². The van der Waals surface area contributed by atoms with Gasteiger partial charge in [-0.05, 0) is 12.2 Å². The monoisotopic (exact) mass is 177 g/mol. The lowest BCUT2D eigenvalue weighted by molar-refractivity contribution is -0.0892. The van der Waals surface area contributed by atoms with Gasteiger partial charge in [0.05, 0.1) is 11.8 Å². The molecular weight excluding hydrogens is 171 g/mol. The zero-order valence-corrected chi connectivity index (χ0v) is 5.92. The summed E-state index contributed by atoms with van der Waals surface area (Å²) in [4.78, 5) is 0. The van der Waals surface area contributed by atoms with Crippen molar-refractivity contribution in [2.24, 2.45) is 10.9 Å². The van der Waals surface area contributed by atoms with Crippen molar-refractivity contribution in [2.75, 3.05) is 0 Å². The van der Waals surface area contributed by atoms with Crippen molar-refractivity contribution in [3.8, 4) is 0 Å². The molecule has 0 spiro atoms. The fraction of sp³-hybridized carbons (Fsp3) is 0.167. The summed E-state index contributed by atoms with van der Waals surface area (Å²) in [5.41, 5.74) is -0.831. The Morgan fingerprint density at radius 1 is 1.42 bits per heavy atom. The summed E-state index contributed by atoms with van der Waals surface area (Å²) in [5, 5.41) is 4.02. The lowest BCUT2D eigenvalue weighted by Gasteiger charge is -2.09. The van der Waals surface area contributed by atoms with Gasteiger partial charge in [-0.1, -0.05) is 0 Å². The van der Waals surface area contributed by atoms with Gasteiger partial charge >= 0.3 is 6.18 Å². The highest BCUT2D eigenvalue weighted by atomic mass is 19.4. The highest BCUT2D eigenvalue weighted by molar-refractivity contribution is 5.72. The number of hydrazine groups is 1. The second-order valence-corrected chi connectivity index (χ2v) is 2.09. The standard InChI is InChI=1S/C6H6F3N3/c7-6(8,9)5-2-1-3-11-12(10)4-5/h1-4H,10H2. The van der Waals surface area contributed by atoms with Crippen molar-refractivity contribution >= 4 is 6.21 Å². The summed E-state index contributed by atoms with van der Waals surface area (Å²) in [6, 6.07) is 0. The first-order chi connectivity index (χ1) is 5.50. The second-order valence-electron chi connectivity index (χ2n) is 2.09. The fourth-order valence-electron chi connectivity index (χ4n) is 0.649. The third kappa shape index (κ3) is 2.09. The lowest BCUT2D eigenvalue weighted by Crippen LogP contribution is -2.21. The van der Waals surface area contributed by atoms with E-state index >= 15 is 0 Å². The van der Waals surface area contributed by atoms with Crippen LogP contribution in [0.1, 0.15) is 0 Å². The molecule has 0 amide bonds. The summed E-state index contributed by atoms with van der Waals surface area (Å²) in [7, 11) is 0. The van der Waals surface area contributed by atoms with Gasteiger partial charge in [0, 0.05) is 6.21 Å². The summed E-state index contributed by atoms with van der Waals surface area (Å²) >= 11 is 0. The Bertz CT molecular complexity index is 251. The molecule has 0 radical (unpaired) electrons. The van der Waals surface area contributed by atoms with Gasteiger partial charge in [0.1, 0.15) is 0 Å². The van der Waals surface area contributed by atoms with Crippen LogP contribution in [0.25, 0.3) is 0 Å². The van der Waals surface area contributed by atoms with Crippen LogP contribution in [0.15, 0.2) is 29.0 Å². The van der Waals surface area contributed by atoms with E-state index in [1.807, 2.05) is 0 Å². The molecule has 3 nitrogen and oxygen atoms in total. The van der Waals surface area contributed by atoms with Crippen LogP contribution in [0, 0.1) is 0 Å². The molecule has 0 unspecified atom stereocenters.